The number of thioether (sulfide) groups is 1. The van der Waals surface area contributed by atoms with Crippen molar-refractivity contribution in [2.75, 3.05) is 17.6 Å². The number of halogens is 3. The number of rotatable bonds is 4. The number of benzene rings is 1. The van der Waals surface area contributed by atoms with Gasteiger partial charge in [0.1, 0.15) is 11.7 Å². The Bertz CT molecular complexity index is 369. The van der Waals surface area contributed by atoms with Gasteiger partial charge in [-0.05, 0) is 17.2 Å². The molecule has 1 aromatic carbocycles. The van der Waals surface area contributed by atoms with Crippen molar-refractivity contribution in [1.29, 1.82) is 0 Å². The van der Waals surface area contributed by atoms with Gasteiger partial charge in [0.15, 0.2) is 5.08 Å². The zero-order valence-corrected chi connectivity index (χ0v) is 12.2. The fourth-order valence-corrected chi connectivity index (χ4v) is 3.81. The van der Waals surface area contributed by atoms with E-state index >= 15 is 0 Å². The number of hydrogen-bond donors (Lipinski definition) is 0. The van der Waals surface area contributed by atoms with Crippen LogP contribution in [0.2, 0.25) is 0 Å². The molecule has 1 atom stereocenters. The highest BCUT2D eigenvalue weighted by atomic mass is 32.2. The number of carboxylic acids is 1. The first kappa shape index (κ1) is 18.2. The molecule has 0 aliphatic carbocycles. The van der Waals surface area contributed by atoms with Gasteiger partial charge in [-0.3, -0.25) is 0 Å². The quantitative estimate of drug-likeness (QED) is 0.799. The van der Waals surface area contributed by atoms with Crippen molar-refractivity contribution in [3.63, 3.8) is 0 Å². The third-order valence-electron chi connectivity index (χ3n) is 1.81. The molecular formula is C12H15F3O2S2. The number of alkyl halides is 3. The average Bonchev–Trinajstić information content (AvgIpc) is 2.30. The summed E-state index contributed by atoms with van der Waals surface area (Å²) in [6, 6.07) is 10.7. The second-order valence-corrected chi connectivity index (χ2v) is 6.97. The van der Waals surface area contributed by atoms with Crippen LogP contribution in [0, 0.1) is 0 Å². The lowest BCUT2D eigenvalue weighted by atomic mass is 10.2. The van der Waals surface area contributed by atoms with Gasteiger partial charge in [-0.1, -0.05) is 30.3 Å². The first-order valence-electron chi connectivity index (χ1n) is 5.17. The van der Waals surface area contributed by atoms with E-state index in [2.05, 4.69) is 42.8 Å². The first-order chi connectivity index (χ1) is 8.77. The van der Waals surface area contributed by atoms with Crippen molar-refractivity contribution < 1.29 is 23.1 Å². The van der Waals surface area contributed by atoms with Crippen LogP contribution in [-0.2, 0) is 21.4 Å². The van der Waals surface area contributed by atoms with Crippen molar-refractivity contribution in [2.45, 2.75) is 11.9 Å². The lowest BCUT2D eigenvalue weighted by Crippen LogP contribution is -2.37. The van der Waals surface area contributed by atoms with E-state index in [0.29, 0.717) is 10.9 Å². The average molecular weight is 312 g/mol. The fourth-order valence-electron chi connectivity index (χ4n) is 1.10. The van der Waals surface area contributed by atoms with Gasteiger partial charge >= 0.3 is 6.18 Å². The first-order valence-corrected chi connectivity index (χ1v) is 8.54. The molecule has 1 rings (SSSR count). The molecule has 0 heterocycles. The monoisotopic (exact) mass is 312 g/mol. The minimum absolute atomic E-state index is 0.542. The summed E-state index contributed by atoms with van der Waals surface area (Å²) in [6.07, 6.45) is -0.683. The smallest absolute Gasteiger partial charge is 0.430 e. The largest absolute Gasteiger partial charge is 0.542 e. The maximum atomic E-state index is 10.5. The Morgan fingerprint density at radius 2 is 1.79 bits per heavy atom. The summed E-state index contributed by atoms with van der Waals surface area (Å²) in [6.45, 7) is 0. The van der Waals surface area contributed by atoms with E-state index < -0.39 is 12.1 Å². The third kappa shape index (κ3) is 9.72. The lowest BCUT2D eigenvalue weighted by molar-refractivity contribution is -0.344. The Labute approximate surface area is 117 Å². The molecule has 0 aliphatic rings. The Hall–Kier alpha value is -0.820. The summed E-state index contributed by atoms with van der Waals surface area (Å²) in [5, 5.41) is 10.1. The van der Waals surface area contributed by atoms with Crippen molar-refractivity contribution in [3.8, 4) is 0 Å². The predicted molar refractivity (Wildman–Crippen MR) is 72.9 cm³/mol. The van der Waals surface area contributed by atoms with Gasteiger partial charge in [-0.25, -0.2) is 0 Å². The highest BCUT2D eigenvalue weighted by Gasteiger charge is 2.28. The van der Waals surface area contributed by atoms with E-state index in [1.807, 2.05) is 11.8 Å². The van der Waals surface area contributed by atoms with Crippen LogP contribution >= 0.6 is 11.8 Å². The van der Waals surface area contributed by atoms with E-state index in [9.17, 15) is 13.2 Å². The minimum atomic E-state index is -5.19. The van der Waals surface area contributed by atoms with Gasteiger partial charge < -0.3 is 9.90 Å². The normalized spacial score (nSPS) is 12.3. The fraction of sp³-hybridized carbons (Fsp3) is 0.417. The minimum Gasteiger partial charge on any atom is -0.542 e. The highest BCUT2D eigenvalue weighted by molar-refractivity contribution is 8.13. The van der Waals surface area contributed by atoms with Crippen LogP contribution in [0.5, 0.6) is 0 Å². The number of hydrogen-bond acceptors (Lipinski definition) is 3. The molecule has 19 heavy (non-hydrogen) atoms. The van der Waals surface area contributed by atoms with Crippen LogP contribution < -0.4 is 5.11 Å². The molecule has 0 bridgehead atoms. The predicted octanol–water partition coefficient (Wildman–Crippen LogP) is 2.05. The van der Waals surface area contributed by atoms with Gasteiger partial charge in [0, 0.05) is 5.56 Å². The highest BCUT2D eigenvalue weighted by Crippen LogP contribution is 2.11. The Balaban J connectivity index is 0.000000399. The summed E-state index contributed by atoms with van der Waals surface area (Å²) in [5.41, 5.74) is 1.47. The topological polar surface area (TPSA) is 40.1 Å². The van der Waals surface area contributed by atoms with Crippen LogP contribution in [0.3, 0.4) is 0 Å². The maximum Gasteiger partial charge on any atom is 0.430 e. The standard InChI is InChI=1S/C10H15S2.C2HF3O2/c1-11-9-12(2)8-10-6-4-3-5-7-10;3-2(4,5)1(6)7/h3-7H,8-9H2,1-2H3;(H,6,7)/q+1;/p-1. The maximum absolute atomic E-state index is 10.5. The SMILES string of the molecule is CSC[S+](C)Cc1ccccc1.O=C([O-])C(F)(F)F. The molecule has 0 aromatic heterocycles. The molecule has 1 unspecified atom stereocenters. The van der Waals surface area contributed by atoms with E-state index in [1.165, 1.54) is 16.4 Å². The summed E-state index contributed by atoms with van der Waals surface area (Å²) >= 11 is 1.94. The number of aliphatic carboxylic acids is 1. The zero-order chi connectivity index (χ0) is 14.9. The van der Waals surface area contributed by atoms with E-state index in [0.717, 1.165) is 0 Å². The van der Waals surface area contributed by atoms with Gasteiger partial charge in [0.05, 0.1) is 6.26 Å². The Kier molecular flexibility index (Phi) is 8.75. The molecule has 0 N–H and O–H groups in total. The van der Waals surface area contributed by atoms with Crippen molar-refractivity contribution in [2.24, 2.45) is 0 Å². The van der Waals surface area contributed by atoms with Crippen LogP contribution in [0.1, 0.15) is 5.56 Å². The lowest BCUT2D eigenvalue weighted by Gasteiger charge is -2.03. The molecule has 0 saturated heterocycles. The third-order valence-corrected chi connectivity index (χ3v) is 5.18. The van der Waals surface area contributed by atoms with Crippen LogP contribution in [-0.4, -0.2) is 29.7 Å². The Morgan fingerprint density at radius 3 is 2.16 bits per heavy atom. The van der Waals surface area contributed by atoms with E-state index in [1.54, 1.807) is 0 Å². The van der Waals surface area contributed by atoms with Crippen LogP contribution in [0.4, 0.5) is 13.2 Å². The summed E-state index contributed by atoms with van der Waals surface area (Å²) < 4.78 is 31.5. The number of carbonyl (C=O) groups excluding carboxylic acids is 1. The molecule has 108 valence electrons. The van der Waals surface area contributed by atoms with Crippen LogP contribution in [0.25, 0.3) is 0 Å². The molecule has 0 amide bonds. The molecule has 0 aliphatic heterocycles. The van der Waals surface area contributed by atoms with Crippen molar-refractivity contribution in [1.82, 2.24) is 0 Å². The molecule has 0 spiro atoms. The molecule has 0 fully saturated rings. The molecule has 0 saturated carbocycles. The second-order valence-electron chi connectivity index (χ2n) is 3.60. The van der Waals surface area contributed by atoms with Gasteiger partial charge in [-0.2, -0.15) is 13.2 Å². The summed E-state index contributed by atoms with van der Waals surface area (Å²) in [5.74, 6) is -1.77. The number of carbonyl (C=O) groups is 1. The van der Waals surface area contributed by atoms with Crippen LogP contribution in [0.15, 0.2) is 30.3 Å². The van der Waals surface area contributed by atoms with E-state index in [4.69, 9.17) is 9.90 Å². The van der Waals surface area contributed by atoms with Crippen molar-refractivity contribution >= 4 is 28.6 Å². The molecular weight excluding hydrogens is 297 g/mol. The second kappa shape index (κ2) is 9.14. The summed E-state index contributed by atoms with van der Waals surface area (Å²) in [4.78, 5) is 8.78. The molecule has 0 radical (unpaired) electrons. The Morgan fingerprint density at radius 1 is 1.32 bits per heavy atom. The number of carboxylic acid groups (broad SMARTS) is 1. The van der Waals surface area contributed by atoms with Gasteiger partial charge in [-0.15, -0.1) is 11.8 Å². The van der Waals surface area contributed by atoms with Crippen molar-refractivity contribution in [3.05, 3.63) is 35.9 Å². The van der Waals surface area contributed by atoms with Gasteiger partial charge in [0.2, 0.25) is 0 Å². The molecule has 1 aromatic rings. The molecule has 2 nitrogen and oxygen atoms in total. The zero-order valence-electron chi connectivity index (χ0n) is 10.6. The van der Waals surface area contributed by atoms with Gasteiger partial charge in [0.25, 0.3) is 0 Å². The molecule has 7 heteroatoms. The summed E-state index contributed by atoms with van der Waals surface area (Å²) in [7, 11) is 0.542. The van der Waals surface area contributed by atoms with E-state index in [-0.39, 0.29) is 0 Å².